The Balaban J connectivity index is 1.39. The lowest BCUT2D eigenvalue weighted by Gasteiger charge is -2.29. The van der Waals surface area contributed by atoms with Crippen LogP contribution in [0.4, 0.5) is 5.69 Å². The number of ether oxygens (including phenoxy) is 1. The van der Waals surface area contributed by atoms with Crippen molar-refractivity contribution >= 4 is 23.5 Å². The van der Waals surface area contributed by atoms with Crippen molar-refractivity contribution in [1.29, 1.82) is 0 Å². The molecule has 3 fully saturated rings. The minimum Gasteiger partial charge on any atom is -0.465 e. The van der Waals surface area contributed by atoms with E-state index in [9.17, 15) is 14.4 Å². The van der Waals surface area contributed by atoms with E-state index in [2.05, 4.69) is 10.6 Å². The maximum absolute atomic E-state index is 12.6. The van der Waals surface area contributed by atoms with Gasteiger partial charge in [0, 0.05) is 6.04 Å². The van der Waals surface area contributed by atoms with E-state index >= 15 is 0 Å². The summed E-state index contributed by atoms with van der Waals surface area (Å²) >= 11 is 0. The Labute approximate surface area is 164 Å². The molecular weight excluding hydrogens is 358 g/mol. The lowest BCUT2D eigenvalue weighted by atomic mass is 9.95. The zero-order valence-electron chi connectivity index (χ0n) is 16.0. The zero-order valence-corrected chi connectivity index (χ0v) is 16.0. The van der Waals surface area contributed by atoms with Crippen LogP contribution >= 0.6 is 0 Å². The van der Waals surface area contributed by atoms with E-state index in [1.165, 1.54) is 0 Å². The number of amides is 2. The monoisotopic (exact) mass is 385 g/mol. The van der Waals surface area contributed by atoms with E-state index in [1.54, 1.807) is 24.3 Å². The summed E-state index contributed by atoms with van der Waals surface area (Å²) in [5, 5.41) is 5.92. The molecule has 2 heterocycles. The van der Waals surface area contributed by atoms with Crippen LogP contribution in [0.1, 0.15) is 48.9 Å². The molecule has 1 aliphatic carbocycles. The normalized spacial score (nSPS) is 25.2. The third-order valence-electron chi connectivity index (χ3n) is 6.08. The molecule has 2 atom stereocenters. The highest BCUT2D eigenvalue weighted by Gasteiger charge is 2.43. The molecule has 2 aliphatic heterocycles. The topological polar surface area (TPSA) is 87.7 Å². The lowest BCUT2D eigenvalue weighted by Crippen LogP contribution is -2.46. The first-order valence-electron chi connectivity index (χ1n) is 10.2. The van der Waals surface area contributed by atoms with Crippen LogP contribution in [0.3, 0.4) is 0 Å². The Morgan fingerprint density at radius 2 is 1.89 bits per heavy atom. The van der Waals surface area contributed by atoms with E-state index in [1.807, 2.05) is 4.90 Å². The minimum absolute atomic E-state index is 0.120. The third-order valence-corrected chi connectivity index (χ3v) is 6.08. The fraction of sp³-hybridized carbons (Fsp3) is 0.571. The number of cyclic esters (lactones) is 1. The number of hydrogen-bond donors (Lipinski definition) is 2. The Morgan fingerprint density at radius 1 is 1.11 bits per heavy atom. The highest BCUT2D eigenvalue weighted by Crippen LogP contribution is 2.31. The highest BCUT2D eigenvalue weighted by atomic mass is 16.5. The van der Waals surface area contributed by atoms with Gasteiger partial charge in [0.05, 0.1) is 24.4 Å². The molecule has 7 heteroatoms. The van der Waals surface area contributed by atoms with E-state index in [4.69, 9.17) is 4.74 Å². The van der Waals surface area contributed by atoms with Gasteiger partial charge >= 0.3 is 5.97 Å². The summed E-state index contributed by atoms with van der Waals surface area (Å²) < 4.78 is 5.17. The van der Waals surface area contributed by atoms with Gasteiger partial charge in [-0.1, -0.05) is 25.0 Å². The van der Waals surface area contributed by atoms with Crippen LogP contribution in [-0.4, -0.2) is 54.5 Å². The van der Waals surface area contributed by atoms with Gasteiger partial charge in [0.25, 0.3) is 5.91 Å². The van der Waals surface area contributed by atoms with E-state index in [0.29, 0.717) is 24.4 Å². The number of benzene rings is 1. The number of esters is 1. The van der Waals surface area contributed by atoms with Gasteiger partial charge in [-0.15, -0.1) is 0 Å². The Hall–Kier alpha value is -2.41. The smallest absolute Gasteiger partial charge is 0.323 e. The van der Waals surface area contributed by atoms with Gasteiger partial charge < -0.3 is 15.4 Å². The molecule has 4 rings (SSSR count). The molecule has 0 spiro atoms. The standard InChI is InChI=1S/C21H27N3O4/c25-18(13-24-11-9-14-10-12-28-21(27)19(14)24)23-17-8-4-3-7-16(17)20(26)22-15-5-1-2-6-15/h3-4,7-8,14-15,19H,1-2,5-6,9-13H2,(H,22,26)(H,23,25)/t14-,19+/m1/s1. The summed E-state index contributed by atoms with van der Waals surface area (Å²) in [7, 11) is 0. The molecule has 2 N–H and O–H groups in total. The SMILES string of the molecule is O=C(CN1CC[C@@H]2CCOC(=O)[C@H]21)Nc1ccccc1C(=O)NC1CCCC1. The van der Waals surface area contributed by atoms with Gasteiger partial charge in [-0.3, -0.25) is 19.3 Å². The van der Waals surface area contributed by atoms with Crippen molar-refractivity contribution in [1.82, 2.24) is 10.2 Å². The third kappa shape index (κ3) is 4.04. The number of rotatable bonds is 5. The van der Waals surface area contributed by atoms with Crippen LogP contribution in [0.2, 0.25) is 0 Å². The number of hydrogen-bond acceptors (Lipinski definition) is 5. The first-order valence-corrected chi connectivity index (χ1v) is 10.2. The quantitative estimate of drug-likeness (QED) is 0.757. The van der Waals surface area contributed by atoms with Crippen molar-refractivity contribution in [3.63, 3.8) is 0 Å². The van der Waals surface area contributed by atoms with Gasteiger partial charge in [0.15, 0.2) is 0 Å². The highest BCUT2D eigenvalue weighted by molar-refractivity contribution is 6.04. The Morgan fingerprint density at radius 3 is 2.71 bits per heavy atom. The number of para-hydroxylation sites is 1. The molecule has 0 aromatic heterocycles. The molecule has 0 radical (unpaired) electrons. The summed E-state index contributed by atoms with van der Waals surface area (Å²) in [6, 6.07) is 6.96. The van der Waals surface area contributed by atoms with Crippen LogP contribution in [0.5, 0.6) is 0 Å². The van der Waals surface area contributed by atoms with Crippen molar-refractivity contribution < 1.29 is 19.1 Å². The molecule has 2 amide bonds. The van der Waals surface area contributed by atoms with E-state index < -0.39 is 0 Å². The predicted octanol–water partition coefficient (Wildman–Crippen LogP) is 1.93. The van der Waals surface area contributed by atoms with Crippen molar-refractivity contribution in [3.05, 3.63) is 29.8 Å². The van der Waals surface area contributed by atoms with Crippen LogP contribution in [0.15, 0.2) is 24.3 Å². The Kier molecular flexibility index (Phi) is 5.62. The number of nitrogens with zero attached hydrogens (tertiary/aromatic N) is 1. The van der Waals surface area contributed by atoms with Gasteiger partial charge in [0.2, 0.25) is 5.91 Å². The fourth-order valence-electron chi connectivity index (χ4n) is 4.64. The maximum atomic E-state index is 12.6. The van der Waals surface area contributed by atoms with E-state index in [-0.39, 0.29) is 42.3 Å². The first-order chi connectivity index (χ1) is 13.6. The van der Waals surface area contributed by atoms with Gasteiger partial charge in [-0.05, 0) is 50.3 Å². The van der Waals surface area contributed by atoms with Gasteiger partial charge in [0.1, 0.15) is 6.04 Å². The molecule has 0 unspecified atom stereocenters. The van der Waals surface area contributed by atoms with Crippen molar-refractivity contribution in [2.45, 2.75) is 50.6 Å². The zero-order chi connectivity index (χ0) is 19.5. The van der Waals surface area contributed by atoms with Gasteiger partial charge in [-0.25, -0.2) is 0 Å². The van der Waals surface area contributed by atoms with Crippen LogP contribution in [0.25, 0.3) is 0 Å². The number of likely N-dealkylation sites (tertiary alicyclic amines) is 1. The van der Waals surface area contributed by atoms with Crippen molar-refractivity contribution in [2.24, 2.45) is 5.92 Å². The largest absolute Gasteiger partial charge is 0.465 e. The lowest BCUT2D eigenvalue weighted by molar-refractivity contribution is -0.155. The second-order valence-corrected chi connectivity index (χ2v) is 7.97. The molecule has 1 aromatic rings. The molecular formula is C21H27N3O4. The molecule has 150 valence electrons. The molecule has 7 nitrogen and oxygen atoms in total. The summed E-state index contributed by atoms with van der Waals surface area (Å²) in [4.78, 5) is 39.3. The second kappa shape index (κ2) is 8.31. The molecule has 1 saturated carbocycles. The summed E-state index contributed by atoms with van der Waals surface area (Å²) in [6.45, 7) is 1.31. The number of fused-ring (bicyclic) bond motifs is 1. The van der Waals surface area contributed by atoms with Crippen LogP contribution in [0, 0.1) is 5.92 Å². The average Bonchev–Trinajstić information content (AvgIpc) is 3.33. The summed E-state index contributed by atoms with van der Waals surface area (Å²) in [6.07, 6.45) is 6.07. The number of anilines is 1. The summed E-state index contributed by atoms with van der Waals surface area (Å²) in [5.41, 5.74) is 0.976. The first kappa shape index (κ1) is 18.9. The van der Waals surface area contributed by atoms with Gasteiger partial charge in [-0.2, -0.15) is 0 Å². The van der Waals surface area contributed by atoms with Crippen LogP contribution < -0.4 is 10.6 Å². The number of carbonyl (C=O) groups excluding carboxylic acids is 3. The summed E-state index contributed by atoms with van der Waals surface area (Å²) in [5.74, 6) is -0.323. The average molecular weight is 385 g/mol. The second-order valence-electron chi connectivity index (χ2n) is 7.97. The molecule has 28 heavy (non-hydrogen) atoms. The number of carbonyl (C=O) groups is 3. The molecule has 3 aliphatic rings. The van der Waals surface area contributed by atoms with Crippen molar-refractivity contribution in [3.8, 4) is 0 Å². The van der Waals surface area contributed by atoms with Crippen molar-refractivity contribution in [2.75, 3.05) is 25.0 Å². The Bertz CT molecular complexity index is 760. The van der Waals surface area contributed by atoms with Crippen LogP contribution in [-0.2, 0) is 14.3 Å². The molecule has 2 saturated heterocycles. The number of nitrogens with one attached hydrogen (secondary N) is 2. The fourth-order valence-corrected chi connectivity index (χ4v) is 4.64. The minimum atomic E-state index is -0.319. The van der Waals surface area contributed by atoms with E-state index in [0.717, 1.165) is 38.5 Å². The maximum Gasteiger partial charge on any atom is 0.323 e. The predicted molar refractivity (Wildman–Crippen MR) is 104 cm³/mol. The molecule has 1 aromatic carbocycles. The molecule has 0 bridgehead atoms.